The van der Waals surface area contributed by atoms with Gasteiger partial charge in [-0.2, -0.15) is 0 Å². The van der Waals surface area contributed by atoms with Gasteiger partial charge in [0.1, 0.15) is 5.01 Å². The minimum Gasteiger partial charge on any atom is -0.334 e. The zero-order valence-electron chi connectivity index (χ0n) is 13.2. The number of thiophene rings is 1. The molecule has 0 radical (unpaired) electrons. The summed E-state index contributed by atoms with van der Waals surface area (Å²) in [6.07, 6.45) is 2.65. The maximum absolute atomic E-state index is 12.8. The second-order valence-electron chi connectivity index (χ2n) is 6.02. The Hall–Kier alpha value is -1.98. The number of nitrogens with zero attached hydrogens (tertiary/aromatic N) is 2. The van der Waals surface area contributed by atoms with Crippen LogP contribution in [0.1, 0.15) is 23.4 Å². The van der Waals surface area contributed by atoms with Gasteiger partial charge < -0.3 is 4.90 Å². The second-order valence-corrected chi connectivity index (χ2v) is 7.91. The molecule has 1 aromatic carbocycles. The van der Waals surface area contributed by atoms with E-state index in [9.17, 15) is 4.79 Å². The number of carbonyl (C=O) groups excluding carboxylic acids is 1. The summed E-state index contributed by atoms with van der Waals surface area (Å²) in [6.45, 7) is 0.733. The zero-order chi connectivity index (χ0) is 16.4. The molecule has 1 aliphatic carbocycles. The van der Waals surface area contributed by atoms with Crippen molar-refractivity contribution < 1.29 is 4.79 Å². The molecule has 24 heavy (non-hydrogen) atoms. The van der Waals surface area contributed by atoms with Crippen molar-refractivity contribution in [1.82, 2.24) is 9.88 Å². The molecule has 3 nitrogen and oxygen atoms in total. The lowest BCUT2D eigenvalue weighted by Gasteiger charge is -2.21. The number of rotatable bonds is 6. The van der Waals surface area contributed by atoms with Crippen LogP contribution in [0.2, 0.25) is 0 Å². The lowest BCUT2D eigenvalue weighted by Crippen LogP contribution is -2.33. The Labute approximate surface area is 149 Å². The highest BCUT2D eigenvalue weighted by Gasteiger charge is 2.32. The molecule has 0 atom stereocenters. The number of amides is 1. The largest absolute Gasteiger partial charge is 0.334 e. The highest BCUT2D eigenvalue weighted by molar-refractivity contribution is 7.13. The van der Waals surface area contributed by atoms with E-state index < -0.39 is 0 Å². The highest BCUT2D eigenvalue weighted by Crippen LogP contribution is 2.30. The first-order valence-electron chi connectivity index (χ1n) is 8.11. The predicted octanol–water partition coefficient (Wildman–Crippen LogP) is 4.61. The van der Waals surface area contributed by atoms with Crippen molar-refractivity contribution >= 4 is 28.6 Å². The lowest BCUT2D eigenvalue weighted by molar-refractivity contribution is -0.131. The second kappa shape index (κ2) is 6.87. The number of carbonyl (C=O) groups is 1. The number of benzene rings is 1. The summed E-state index contributed by atoms with van der Waals surface area (Å²) >= 11 is 3.32. The Balaban J connectivity index is 1.46. The third-order valence-electron chi connectivity index (χ3n) is 4.12. The van der Waals surface area contributed by atoms with Gasteiger partial charge in [-0.3, -0.25) is 4.79 Å². The maximum atomic E-state index is 12.8. The van der Waals surface area contributed by atoms with Crippen molar-refractivity contribution in [2.75, 3.05) is 0 Å². The first-order chi connectivity index (χ1) is 11.8. The number of hydrogen-bond acceptors (Lipinski definition) is 4. The van der Waals surface area contributed by atoms with E-state index in [1.807, 2.05) is 34.5 Å². The molecule has 0 aliphatic heterocycles. The lowest BCUT2D eigenvalue weighted by atomic mass is 10.2. The van der Waals surface area contributed by atoms with Gasteiger partial charge in [0.25, 0.3) is 0 Å². The van der Waals surface area contributed by atoms with Gasteiger partial charge in [-0.25, -0.2) is 4.98 Å². The third-order valence-corrected chi connectivity index (χ3v) is 5.92. The smallest absolute Gasteiger partial charge is 0.229 e. The molecule has 4 rings (SSSR count). The monoisotopic (exact) mass is 354 g/mol. The normalized spacial score (nSPS) is 13.8. The average molecular weight is 355 g/mol. The van der Waals surface area contributed by atoms with Crippen molar-refractivity contribution in [2.24, 2.45) is 0 Å². The Kier molecular flexibility index (Phi) is 4.45. The molecule has 2 heterocycles. The molecule has 0 bridgehead atoms. The molecular weight excluding hydrogens is 336 g/mol. The number of aromatic nitrogens is 1. The van der Waals surface area contributed by atoms with Gasteiger partial charge in [-0.1, -0.05) is 36.4 Å². The van der Waals surface area contributed by atoms with E-state index in [-0.39, 0.29) is 5.91 Å². The molecule has 3 aromatic rings. The number of thiazole rings is 1. The van der Waals surface area contributed by atoms with Crippen LogP contribution in [0.5, 0.6) is 0 Å². The molecule has 0 saturated heterocycles. The van der Waals surface area contributed by atoms with E-state index >= 15 is 0 Å². The van der Waals surface area contributed by atoms with E-state index in [1.54, 1.807) is 22.7 Å². The molecule has 0 unspecified atom stereocenters. The van der Waals surface area contributed by atoms with Crippen LogP contribution < -0.4 is 0 Å². The Morgan fingerprint density at radius 3 is 2.67 bits per heavy atom. The van der Waals surface area contributed by atoms with E-state index in [1.165, 1.54) is 4.88 Å². The summed E-state index contributed by atoms with van der Waals surface area (Å²) in [4.78, 5) is 20.7. The van der Waals surface area contributed by atoms with Crippen LogP contribution >= 0.6 is 22.7 Å². The molecule has 1 aliphatic rings. The van der Waals surface area contributed by atoms with E-state index in [2.05, 4.69) is 28.6 Å². The quantitative estimate of drug-likeness (QED) is 0.648. The maximum Gasteiger partial charge on any atom is 0.229 e. The summed E-state index contributed by atoms with van der Waals surface area (Å²) in [5.41, 5.74) is 1.99. The van der Waals surface area contributed by atoms with Crippen molar-refractivity contribution in [2.45, 2.75) is 31.8 Å². The first kappa shape index (κ1) is 15.5. The summed E-state index contributed by atoms with van der Waals surface area (Å²) in [5.74, 6) is 0.191. The van der Waals surface area contributed by atoms with Gasteiger partial charge in [0.2, 0.25) is 5.91 Å². The molecule has 2 aromatic heterocycles. The van der Waals surface area contributed by atoms with E-state index in [4.69, 9.17) is 0 Å². The van der Waals surface area contributed by atoms with Crippen LogP contribution in [0.25, 0.3) is 10.6 Å². The molecule has 1 saturated carbocycles. The van der Waals surface area contributed by atoms with Gasteiger partial charge in [0, 0.05) is 21.9 Å². The summed E-state index contributed by atoms with van der Waals surface area (Å²) in [5, 5.41) is 5.06. The third kappa shape index (κ3) is 3.57. The van der Waals surface area contributed by atoms with Gasteiger partial charge in [-0.15, -0.1) is 22.7 Å². The van der Waals surface area contributed by atoms with Gasteiger partial charge in [0.05, 0.1) is 18.7 Å². The van der Waals surface area contributed by atoms with Crippen LogP contribution in [0, 0.1) is 0 Å². The minimum atomic E-state index is 0.191. The molecule has 122 valence electrons. The fourth-order valence-electron chi connectivity index (χ4n) is 2.74. The summed E-state index contributed by atoms with van der Waals surface area (Å²) in [7, 11) is 0. The average Bonchev–Trinajstić information content (AvgIpc) is 3.11. The predicted molar refractivity (Wildman–Crippen MR) is 99.1 cm³/mol. The molecule has 1 amide bonds. The fourth-order valence-corrected chi connectivity index (χ4v) is 4.26. The molecule has 0 N–H and O–H groups in total. The van der Waals surface area contributed by atoms with Crippen molar-refractivity contribution in [3.63, 3.8) is 0 Å². The van der Waals surface area contributed by atoms with E-state index in [0.717, 1.165) is 35.7 Å². The summed E-state index contributed by atoms with van der Waals surface area (Å²) in [6, 6.07) is 14.7. The highest BCUT2D eigenvalue weighted by atomic mass is 32.1. The van der Waals surface area contributed by atoms with Crippen molar-refractivity contribution in [1.29, 1.82) is 0 Å². The Bertz CT molecular complexity index is 807. The standard InChI is InChI=1S/C19H18N2OS2/c22-18(21(16-8-9-16)12-17-7-4-10-23-17)11-15-13-24-19(20-15)14-5-2-1-3-6-14/h1-7,10,13,16H,8-9,11-12H2. The zero-order valence-corrected chi connectivity index (χ0v) is 14.9. The Morgan fingerprint density at radius 1 is 1.12 bits per heavy atom. The van der Waals surface area contributed by atoms with Crippen LogP contribution in [0.3, 0.4) is 0 Å². The van der Waals surface area contributed by atoms with E-state index in [0.29, 0.717) is 12.5 Å². The van der Waals surface area contributed by atoms with Crippen LogP contribution in [0.4, 0.5) is 0 Å². The van der Waals surface area contributed by atoms with Crippen molar-refractivity contribution in [3.05, 3.63) is 63.8 Å². The molecule has 0 spiro atoms. The molecular formula is C19H18N2OS2. The van der Waals surface area contributed by atoms with Crippen molar-refractivity contribution in [3.8, 4) is 10.6 Å². The molecule has 5 heteroatoms. The topological polar surface area (TPSA) is 33.2 Å². The first-order valence-corrected chi connectivity index (χ1v) is 9.87. The number of hydrogen-bond donors (Lipinski definition) is 0. The summed E-state index contributed by atoms with van der Waals surface area (Å²) < 4.78 is 0. The Morgan fingerprint density at radius 2 is 1.96 bits per heavy atom. The SMILES string of the molecule is O=C(Cc1csc(-c2ccccc2)n1)N(Cc1cccs1)C1CC1. The fraction of sp³-hybridized carbons (Fsp3) is 0.263. The minimum absolute atomic E-state index is 0.191. The van der Waals surface area contributed by atoms with Crippen LogP contribution in [0.15, 0.2) is 53.2 Å². The molecule has 1 fully saturated rings. The van der Waals surface area contributed by atoms with Crippen LogP contribution in [-0.4, -0.2) is 21.8 Å². The van der Waals surface area contributed by atoms with Gasteiger partial charge >= 0.3 is 0 Å². The van der Waals surface area contributed by atoms with Gasteiger partial charge in [-0.05, 0) is 24.3 Å². The van der Waals surface area contributed by atoms with Gasteiger partial charge in [0.15, 0.2) is 0 Å². The van der Waals surface area contributed by atoms with Crippen LogP contribution in [-0.2, 0) is 17.8 Å².